The number of carbonyl (C=O) groups excluding carboxylic acids is 2. The standard InChI is InChI=1S/C12H22O5Si/c1-4-15-18(3,16-5-2)8-6-7-10-9-11(13)17-12(10)14/h10H,4-9H2,1-3H3. The second-order valence-electron chi connectivity index (χ2n) is 4.59. The van der Waals surface area contributed by atoms with Crippen molar-refractivity contribution in [2.45, 2.75) is 45.7 Å². The zero-order chi connectivity index (χ0) is 13.6. The van der Waals surface area contributed by atoms with E-state index in [2.05, 4.69) is 4.74 Å². The molecular formula is C12H22O5Si. The van der Waals surface area contributed by atoms with Gasteiger partial charge in [-0.3, -0.25) is 9.59 Å². The number of carbonyl (C=O) groups is 2. The van der Waals surface area contributed by atoms with Gasteiger partial charge in [-0.2, -0.15) is 0 Å². The summed E-state index contributed by atoms with van der Waals surface area (Å²) in [4.78, 5) is 22.2. The molecule has 0 saturated carbocycles. The van der Waals surface area contributed by atoms with Crippen molar-refractivity contribution in [2.24, 2.45) is 5.92 Å². The van der Waals surface area contributed by atoms with Crippen LogP contribution in [0.4, 0.5) is 0 Å². The summed E-state index contributed by atoms with van der Waals surface area (Å²) >= 11 is 0. The lowest BCUT2D eigenvalue weighted by Gasteiger charge is -2.26. The van der Waals surface area contributed by atoms with Crippen molar-refractivity contribution < 1.29 is 23.2 Å². The summed E-state index contributed by atoms with van der Waals surface area (Å²) in [5, 5.41) is 0. The number of rotatable bonds is 8. The van der Waals surface area contributed by atoms with Crippen molar-refractivity contribution in [3.8, 4) is 0 Å². The molecule has 0 aromatic heterocycles. The van der Waals surface area contributed by atoms with E-state index in [0.717, 1.165) is 12.5 Å². The van der Waals surface area contributed by atoms with Crippen LogP contribution >= 0.6 is 0 Å². The van der Waals surface area contributed by atoms with Crippen molar-refractivity contribution >= 4 is 20.5 Å². The first kappa shape index (κ1) is 15.3. The summed E-state index contributed by atoms with van der Waals surface area (Å²) in [6, 6.07) is 0.840. The third-order valence-corrected chi connectivity index (χ3v) is 6.10. The van der Waals surface area contributed by atoms with Gasteiger partial charge in [-0.05, 0) is 32.9 Å². The van der Waals surface area contributed by atoms with E-state index in [1.807, 2.05) is 20.4 Å². The highest BCUT2D eigenvalue weighted by Crippen LogP contribution is 2.25. The second kappa shape index (κ2) is 7.01. The minimum absolute atomic E-state index is 0.223. The molecule has 0 aromatic rings. The Bertz CT molecular complexity index is 299. The molecule has 1 atom stereocenters. The Hall–Kier alpha value is -0.723. The van der Waals surface area contributed by atoms with Gasteiger partial charge in [0.25, 0.3) is 0 Å². The summed E-state index contributed by atoms with van der Waals surface area (Å²) in [6.07, 6.45) is 1.73. The third-order valence-electron chi connectivity index (χ3n) is 3.04. The molecule has 1 saturated heterocycles. The Morgan fingerprint density at radius 1 is 1.28 bits per heavy atom. The molecular weight excluding hydrogens is 252 g/mol. The van der Waals surface area contributed by atoms with Crippen LogP contribution < -0.4 is 0 Å². The van der Waals surface area contributed by atoms with E-state index in [9.17, 15) is 9.59 Å². The van der Waals surface area contributed by atoms with E-state index in [-0.39, 0.29) is 18.3 Å². The molecule has 6 heteroatoms. The molecule has 0 radical (unpaired) electrons. The van der Waals surface area contributed by atoms with Crippen molar-refractivity contribution in [3.05, 3.63) is 0 Å². The zero-order valence-corrected chi connectivity index (χ0v) is 12.4. The van der Waals surface area contributed by atoms with Gasteiger partial charge in [-0.15, -0.1) is 0 Å². The topological polar surface area (TPSA) is 61.8 Å². The monoisotopic (exact) mass is 274 g/mol. The Labute approximate surface area is 109 Å². The van der Waals surface area contributed by atoms with Gasteiger partial charge < -0.3 is 13.6 Å². The van der Waals surface area contributed by atoms with E-state index in [1.54, 1.807) is 0 Å². The highest BCUT2D eigenvalue weighted by molar-refractivity contribution is 6.66. The highest BCUT2D eigenvalue weighted by atomic mass is 28.4. The van der Waals surface area contributed by atoms with Crippen LogP contribution in [0.3, 0.4) is 0 Å². The molecule has 1 fully saturated rings. The van der Waals surface area contributed by atoms with Crippen molar-refractivity contribution in [1.82, 2.24) is 0 Å². The fourth-order valence-corrected chi connectivity index (χ4v) is 4.65. The average Bonchev–Trinajstić information content (AvgIpc) is 2.58. The SMILES string of the molecule is CCO[Si](C)(CCCC1CC(=O)OC1=O)OCC. The molecule has 0 N–H and O–H groups in total. The molecule has 5 nitrogen and oxygen atoms in total. The van der Waals surface area contributed by atoms with Crippen molar-refractivity contribution in [2.75, 3.05) is 13.2 Å². The Kier molecular flexibility index (Phi) is 5.97. The van der Waals surface area contributed by atoms with Gasteiger partial charge in [0.1, 0.15) is 0 Å². The van der Waals surface area contributed by atoms with Gasteiger partial charge in [0.05, 0.1) is 12.3 Å². The van der Waals surface area contributed by atoms with E-state index < -0.39 is 14.5 Å². The van der Waals surface area contributed by atoms with Crippen LogP contribution in [0, 0.1) is 5.92 Å². The van der Waals surface area contributed by atoms with Crippen LogP contribution in [0.25, 0.3) is 0 Å². The minimum Gasteiger partial charge on any atom is -0.395 e. The second-order valence-corrected chi connectivity index (χ2v) is 7.93. The summed E-state index contributed by atoms with van der Waals surface area (Å²) in [7, 11) is -2.10. The predicted octanol–water partition coefficient (Wildman–Crippen LogP) is 2.00. The van der Waals surface area contributed by atoms with Crippen LogP contribution in [0.15, 0.2) is 0 Å². The fourth-order valence-electron chi connectivity index (χ4n) is 2.21. The Balaban J connectivity index is 2.34. The molecule has 1 aliphatic heterocycles. The zero-order valence-electron chi connectivity index (χ0n) is 11.4. The van der Waals surface area contributed by atoms with Gasteiger partial charge in [-0.1, -0.05) is 6.42 Å². The smallest absolute Gasteiger partial charge is 0.334 e. The van der Waals surface area contributed by atoms with Crippen LogP contribution in [0.1, 0.15) is 33.1 Å². The van der Waals surface area contributed by atoms with Gasteiger partial charge in [-0.25, -0.2) is 0 Å². The molecule has 0 aliphatic carbocycles. The van der Waals surface area contributed by atoms with E-state index in [0.29, 0.717) is 19.6 Å². The average molecular weight is 274 g/mol. The molecule has 0 spiro atoms. The van der Waals surface area contributed by atoms with Crippen molar-refractivity contribution in [3.63, 3.8) is 0 Å². The first-order chi connectivity index (χ1) is 8.50. The first-order valence-electron chi connectivity index (χ1n) is 6.53. The van der Waals surface area contributed by atoms with Crippen LogP contribution in [-0.2, 0) is 23.2 Å². The summed E-state index contributed by atoms with van der Waals surface area (Å²) in [5.41, 5.74) is 0. The third kappa shape index (κ3) is 4.51. The maximum atomic E-state index is 11.3. The normalized spacial score (nSPS) is 20.3. The van der Waals surface area contributed by atoms with E-state index >= 15 is 0 Å². The molecule has 18 heavy (non-hydrogen) atoms. The van der Waals surface area contributed by atoms with Gasteiger partial charge >= 0.3 is 20.5 Å². The van der Waals surface area contributed by atoms with Crippen LogP contribution in [0.5, 0.6) is 0 Å². The fraction of sp³-hybridized carbons (Fsp3) is 0.833. The minimum atomic E-state index is -2.10. The summed E-state index contributed by atoms with van der Waals surface area (Å²) in [6.45, 7) is 7.24. The molecule has 1 heterocycles. The summed E-state index contributed by atoms with van der Waals surface area (Å²) in [5.74, 6) is -1.05. The lowest BCUT2D eigenvalue weighted by atomic mass is 10.0. The number of ether oxygens (including phenoxy) is 1. The molecule has 0 aromatic carbocycles. The quantitative estimate of drug-likeness (QED) is 0.385. The molecule has 1 rings (SSSR count). The molecule has 1 aliphatic rings. The van der Waals surface area contributed by atoms with Crippen LogP contribution in [-0.4, -0.2) is 33.7 Å². The Morgan fingerprint density at radius 2 is 1.89 bits per heavy atom. The predicted molar refractivity (Wildman–Crippen MR) is 68.1 cm³/mol. The van der Waals surface area contributed by atoms with Crippen LogP contribution in [0.2, 0.25) is 12.6 Å². The van der Waals surface area contributed by atoms with E-state index in [1.165, 1.54) is 0 Å². The largest absolute Gasteiger partial charge is 0.395 e. The molecule has 104 valence electrons. The van der Waals surface area contributed by atoms with Gasteiger partial charge in [0.2, 0.25) is 0 Å². The number of hydrogen-bond acceptors (Lipinski definition) is 5. The number of hydrogen-bond donors (Lipinski definition) is 0. The lowest BCUT2D eigenvalue weighted by Crippen LogP contribution is -2.38. The van der Waals surface area contributed by atoms with Gasteiger partial charge in [0.15, 0.2) is 0 Å². The van der Waals surface area contributed by atoms with Gasteiger partial charge in [0, 0.05) is 13.2 Å². The number of cyclic esters (lactones) is 2. The lowest BCUT2D eigenvalue weighted by molar-refractivity contribution is -0.153. The maximum Gasteiger partial charge on any atom is 0.334 e. The highest BCUT2D eigenvalue weighted by Gasteiger charge is 2.35. The Morgan fingerprint density at radius 3 is 2.33 bits per heavy atom. The van der Waals surface area contributed by atoms with Crippen molar-refractivity contribution in [1.29, 1.82) is 0 Å². The maximum absolute atomic E-state index is 11.3. The molecule has 0 amide bonds. The summed E-state index contributed by atoms with van der Waals surface area (Å²) < 4.78 is 16.0. The molecule has 1 unspecified atom stereocenters. The number of esters is 2. The molecule has 0 bridgehead atoms. The van der Waals surface area contributed by atoms with E-state index in [4.69, 9.17) is 8.85 Å². The first-order valence-corrected chi connectivity index (χ1v) is 9.05.